The summed E-state index contributed by atoms with van der Waals surface area (Å²) in [4.78, 5) is 15.2. The van der Waals surface area contributed by atoms with Crippen molar-refractivity contribution in [2.75, 3.05) is 20.8 Å². The summed E-state index contributed by atoms with van der Waals surface area (Å²) in [6, 6.07) is 20.6. The van der Waals surface area contributed by atoms with Crippen molar-refractivity contribution in [3.05, 3.63) is 88.0 Å². The molecule has 0 N–H and O–H groups in total. The van der Waals surface area contributed by atoms with Crippen LogP contribution in [-0.4, -0.2) is 32.0 Å². The van der Waals surface area contributed by atoms with Gasteiger partial charge in [0.05, 0.1) is 19.1 Å². The largest absolute Gasteiger partial charge is 0.497 e. The van der Waals surface area contributed by atoms with Crippen LogP contribution in [0.5, 0.6) is 17.2 Å². The van der Waals surface area contributed by atoms with Crippen LogP contribution >= 0.6 is 0 Å². The number of benzene rings is 3. The summed E-state index contributed by atoms with van der Waals surface area (Å²) in [7, 11) is 3.14. The fourth-order valence-corrected chi connectivity index (χ4v) is 3.72. The van der Waals surface area contributed by atoms with Gasteiger partial charge in [-0.15, -0.1) is 6.42 Å². The second-order valence-electron chi connectivity index (χ2n) is 7.79. The van der Waals surface area contributed by atoms with Gasteiger partial charge in [-0.25, -0.2) is 4.99 Å². The summed E-state index contributed by atoms with van der Waals surface area (Å²) >= 11 is 0. The second-order valence-corrected chi connectivity index (χ2v) is 7.79. The average molecular weight is 508 g/mol. The molecule has 0 aliphatic carbocycles. The molecule has 4 aromatic rings. The van der Waals surface area contributed by atoms with Gasteiger partial charge in [-0.05, 0) is 48.0 Å². The number of methoxy groups -OCH3 is 2. The summed E-state index contributed by atoms with van der Waals surface area (Å²) in [6.45, 7) is -0.0356. The molecular formula is C29H21N3O6. The van der Waals surface area contributed by atoms with Crippen LogP contribution in [0.2, 0.25) is 0 Å². The molecule has 9 nitrogen and oxygen atoms in total. The maximum atomic E-state index is 11.3. The Labute approximate surface area is 218 Å². The molecule has 1 aromatic heterocycles. The van der Waals surface area contributed by atoms with Crippen LogP contribution in [-0.2, 0) is 0 Å². The van der Waals surface area contributed by atoms with Crippen molar-refractivity contribution in [2.24, 2.45) is 4.99 Å². The minimum absolute atomic E-state index is 0.0264. The monoisotopic (exact) mass is 507 g/mol. The number of nitro benzene ring substituents is 1. The molecule has 3 aromatic carbocycles. The van der Waals surface area contributed by atoms with E-state index in [4.69, 9.17) is 25.1 Å². The zero-order valence-electron chi connectivity index (χ0n) is 20.5. The van der Waals surface area contributed by atoms with Crippen molar-refractivity contribution in [3.8, 4) is 58.1 Å². The van der Waals surface area contributed by atoms with E-state index in [2.05, 4.69) is 17.0 Å². The number of ether oxygens (including phenoxy) is 3. The number of hydrogen-bond donors (Lipinski definition) is 0. The number of furan rings is 1. The van der Waals surface area contributed by atoms with Crippen LogP contribution in [0.25, 0.3) is 22.5 Å². The summed E-state index contributed by atoms with van der Waals surface area (Å²) in [5.41, 5.74) is 2.28. The quantitative estimate of drug-likeness (QED) is 0.115. The van der Waals surface area contributed by atoms with Gasteiger partial charge in [-0.2, -0.15) is 5.26 Å². The Morgan fingerprint density at radius 2 is 1.66 bits per heavy atom. The summed E-state index contributed by atoms with van der Waals surface area (Å²) in [5, 5.41) is 21.4. The first-order valence-corrected chi connectivity index (χ1v) is 11.2. The first kappa shape index (κ1) is 25.5. The molecule has 0 amide bonds. The van der Waals surface area contributed by atoms with Crippen molar-refractivity contribution in [3.63, 3.8) is 0 Å². The lowest BCUT2D eigenvalue weighted by Crippen LogP contribution is -1.99. The Morgan fingerprint density at radius 1 is 1.03 bits per heavy atom. The SMILES string of the molecule is C#CCOc1ccc([N+](=O)[O-])cc1/C=N/c1oc(-c2ccc(OC)cc2)c(-c2ccc(OC)cc2)c1C#N. The maximum absolute atomic E-state index is 11.3. The maximum Gasteiger partial charge on any atom is 0.270 e. The van der Waals surface area contributed by atoms with E-state index in [0.29, 0.717) is 45.3 Å². The van der Waals surface area contributed by atoms with E-state index in [-0.39, 0.29) is 23.7 Å². The van der Waals surface area contributed by atoms with Crippen molar-refractivity contribution in [1.29, 1.82) is 5.26 Å². The Kier molecular flexibility index (Phi) is 7.71. The van der Waals surface area contributed by atoms with Crippen LogP contribution in [0.3, 0.4) is 0 Å². The standard InChI is InChI=1S/C29H21N3O6/c1-4-15-37-26-14-9-22(32(33)34)16-21(26)18-31-29-25(17-30)27(19-5-10-23(35-2)11-6-19)28(38-29)20-7-12-24(36-3)13-8-20/h1,5-14,16,18H,15H2,2-3H3/b31-18+. The third-order valence-corrected chi connectivity index (χ3v) is 5.57. The number of non-ortho nitro benzene ring substituents is 1. The Bertz CT molecular complexity index is 1570. The molecule has 0 unspecified atom stereocenters. The van der Waals surface area contributed by atoms with Gasteiger partial charge in [-0.3, -0.25) is 10.1 Å². The van der Waals surface area contributed by atoms with E-state index in [9.17, 15) is 15.4 Å². The average Bonchev–Trinajstić information content (AvgIpc) is 3.33. The van der Waals surface area contributed by atoms with Crippen LogP contribution in [0.15, 0.2) is 76.1 Å². The third-order valence-electron chi connectivity index (χ3n) is 5.57. The topological polar surface area (TPSA) is 120 Å². The van der Waals surface area contributed by atoms with Gasteiger partial charge in [0.1, 0.15) is 41.2 Å². The molecule has 0 aliphatic rings. The summed E-state index contributed by atoms with van der Waals surface area (Å²) in [5.74, 6) is 4.42. The first-order chi connectivity index (χ1) is 18.5. The highest BCUT2D eigenvalue weighted by Gasteiger charge is 2.23. The zero-order chi connectivity index (χ0) is 27.1. The van der Waals surface area contributed by atoms with E-state index in [1.807, 2.05) is 24.3 Å². The Morgan fingerprint density at radius 3 is 2.21 bits per heavy atom. The number of terminal acetylenes is 1. The van der Waals surface area contributed by atoms with Crippen molar-refractivity contribution >= 4 is 17.8 Å². The summed E-state index contributed by atoms with van der Waals surface area (Å²) < 4.78 is 22.2. The van der Waals surface area contributed by atoms with Gasteiger partial charge in [-0.1, -0.05) is 18.1 Å². The number of rotatable bonds is 9. The highest BCUT2D eigenvalue weighted by atomic mass is 16.6. The van der Waals surface area contributed by atoms with Gasteiger partial charge in [0.2, 0.25) is 5.88 Å². The van der Waals surface area contributed by atoms with Crippen molar-refractivity contribution in [2.45, 2.75) is 0 Å². The molecular weight excluding hydrogens is 486 g/mol. The molecule has 188 valence electrons. The molecule has 0 radical (unpaired) electrons. The lowest BCUT2D eigenvalue weighted by atomic mass is 9.98. The lowest BCUT2D eigenvalue weighted by Gasteiger charge is -2.06. The van der Waals surface area contributed by atoms with E-state index in [1.165, 1.54) is 24.4 Å². The number of aliphatic imine (C=N–C) groups is 1. The minimum Gasteiger partial charge on any atom is -0.497 e. The van der Waals surface area contributed by atoms with Gasteiger partial charge in [0, 0.05) is 35.0 Å². The van der Waals surface area contributed by atoms with E-state index in [1.54, 1.807) is 38.5 Å². The van der Waals surface area contributed by atoms with Gasteiger partial charge in [0.15, 0.2) is 0 Å². The van der Waals surface area contributed by atoms with Crippen LogP contribution < -0.4 is 14.2 Å². The van der Waals surface area contributed by atoms with Crippen molar-refractivity contribution < 1.29 is 23.6 Å². The van der Waals surface area contributed by atoms with Crippen LogP contribution in [0.1, 0.15) is 11.1 Å². The van der Waals surface area contributed by atoms with Crippen molar-refractivity contribution in [1.82, 2.24) is 0 Å². The molecule has 0 saturated carbocycles. The van der Waals surface area contributed by atoms with E-state index < -0.39 is 4.92 Å². The third kappa shape index (κ3) is 5.32. The molecule has 0 atom stereocenters. The number of nitrogens with zero attached hydrogens (tertiary/aromatic N) is 3. The van der Waals surface area contributed by atoms with Gasteiger partial charge in [0.25, 0.3) is 5.69 Å². The molecule has 0 saturated heterocycles. The van der Waals surface area contributed by atoms with E-state index >= 15 is 0 Å². The molecule has 0 fully saturated rings. The summed E-state index contributed by atoms with van der Waals surface area (Å²) in [6.07, 6.45) is 6.63. The lowest BCUT2D eigenvalue weighted by molar-refractivity contribution is -0.384. The number of nitro groups is 1. The Balaban J connectivity index is 1.87. The van der Waals surface area contributed by atoms with Gasteiger partial charge >= 0.3 is 0 Å². The predicted molar refractivity (Wildman–Crippen MR) is 142 cm³/mol. The smallest absolute Gasteiger partial charge is 0.270 e. The molecule has 4 rings (SSSR count). The molecule has 0 aliphatic heterocycles. The van der Waals surface area contributed by atoms with Crippen LogP contribution in [0.4, 0.5) is 11.6 Å². The Hall–Kier alpha value is -5.54. The predicted octanol–water partition coefficient (Wildman–Crippen LogP) is 6.17. The second kappa shape index (κ2) is 11.5. The number of nitriles is 1. The molecule has 0 bridgehead atoms. The fourth-order valence-electron chi connectivity index (χ4n) is 3.72. The first-order valence-electron chi connectivity index (χ1n) is 11.2. The van der Waals surface area contributed by atoms with E-state index in [0.717, 1.165) is 0 Å². The van der Waals surface area contributed by atoms with Crippen LogP contribution in [0, 0.1) is 33.8 Å². The zero-order valence-corrected chi connectivity index (χ0v) is 20.5. The molecule has 38 heavy (non-hydrogen) atoms. The molecule has 0 spiro atoms. The highest BCUT2D eigenvalue weighted by Crippen LogP contribution is 2.43. The number of hydrogen-bond acceptors (Lipinski definition) is 8. The molecule has 9 heteroatoms. The normalized spacial score (nSPS) is 10.5. The minimum atomic E-state index is -0.528. The van der Waals surface area contributed by atoms with Gasteiger partial charge < -0.3 is 18.6 Å². The highest BCUT2D eigenvalue weighted by molar-refractivity contribution is 5.91. The molecule has 1 heterocycles. The fraction of sp³-hybridized carbons (Fsp3) is 0.103.